The molecular formula is C14H22BrClN2O2. The summed E-state index contributed by atoms with van der Waals surface area (Å²) >= 11 is 3.62. The van der Waals surface area contributed by atoms with Crippen molar-refractivity contribution in [2.75, 3.05) is 33.9 Å². The average Bonchev–Trinajstić information content (AvgIpc) is 2.40. The number of piperazine rings is 1. The van der Waals surface area contributed by atoms with Crippen LogP contribution in [0.2, 0.25) is 0 Å². The van der Waals surface area contributed by atoms with Gasteiger partial charge in [0, 0.05) is 36.7 Å². The Morgan fingerprint density at radius 2 is 1.95 bits per heavy atom. The zero-order chi connectivity index (χ0) is 13.8. The van der Waals surface area contributed by atoms with Gasteiger partial charge in [0.1, 0.15) is 0 Å². The molecule has 114 valence electrons. The van der Waals surface area contributed by atoms with Gasteiger partial charge in [0.2, 0.25) is 0 Å². The number of rotatable bonds is 4. The Kier molecular flexibility index (Phi) is 7.09. The van der Waals surface area contributed by atoms with E-state index in [1.54, 1.807) is 14.2 Å². The summed E-state index contributed by atoms with van der Waals surface area (Å²) in [5.74, 6) is 1.54. The monoisotopic (exact) mass is 364 g/mol. The largest absolute Gasteiger partial charge is 0.493 e. The number of hydrogen-bond donors (Lipinski definition) is 1. The number of nitrogens with one attached hydrogen (secondary N) is 1. The Bertz CT molecular complexity index is 445. The maximum atomic E-state index is 5.37. The molecule has 0 amide bonds. The summed E-state index contributed by atoms with van der Waals surface area (Å²) in [5.41, 5.74) is 1.23. The van der Waals surface area contributed by atoms with E-state index in [4.69, 9.17) is 9.47 Å². The number of halogens is 2. The first kappa shape index (κ1) is 17.6. The molecular weight excluding hydrogens is 344 g/mol. The van der Waals surface area contributed by atoms with E-state index in [1.165, 1.54) is 5.56 Å². The molecule has 0 spiro atoms. The van der Waals surface area contributed by atoms with E-state index in [0.717, 1.165) is 42.2 Å². The van der Waals surface area contributed by atoms with Crippen molar-refractivity contribution >= 4 is 28.3 Å². The maximum Gasteiger partial charge on any atom is 0.161 e. The third-order valence-corrected chi connectivity index (χ3v) is 4.14. The van der Waals surface area contributed by atoms with Crippen LogP contribution in [-0.4, -0.2) is 44.8 Å². The molecule has 0 aromatic heterocycles. The van der Waals surface area contributed by atoms with Crippen LogP contribution in [0, 0.1) is 0 Å². The number of benzene rings is 1. The Balaban J connectivity index is 0.00000200. The summed E-state index contributed by atoms with van der Waals surface area (Å²) in [6, 6.07) is 4.57. The van der Waals surface area contributed by atoms with Crippen molar-refractivity contribution in [3.05, 3.63) is 22.2 Å². The van der Waals surface area contributed by atoms with E-state index in [2.05, 4.69) is 39.1 Å². The minimum Gasteiger partial charge on any atom is -0.493 e. The van der Waals surface area contributed by atoms with Gasteiger partial charge in [0.15, 0.2) is 11.5 Å². The first-order chi connectivity index (χ1) is 9.13. The second kappa shape index (κ2) is 8.08. The van der Waals surface area contributed by atoms with Crippen molar-refractivity contribution < 1.29 is 9.47 Å². The predicted octanol–water partition coefficient (Wildman–Crippen LogP) is 2.68. The molecule has 1 aromatic rings. The van der Waals surface area contributed by atoms with Crippen LogP contribution in [0.3, 0.4) is 0 Å². The molecule has 0 saturated carbocycles. The number of ether oxygens (including phenoxy) is 2. The maximum absolute atomic E-state index is 5.37. The van der Waals surface area contributed by atoms with E-state index in [-0.39, 0.29) is 12.4 Å². The molecule has 1 heterocycles. The Morgan fingerprint density at radius 1 is 1.30 bits per heavy atom. The van der Waals surface area contributed by atoms with E-state index in [0.29, 0.717) is 6.04 Å². The van der Waals surface area contributed by atoms with E-state index in [1.807, 2.05) is 6.07 Å². The highest BCUT2D eigenvalue weighted by molar-refractivity contribution is 9.10. The molecule has 0 radical (unpaired) electrons. The van der Waals surface area contributed by atoms with Crippen LogP contribution in [0.1, 0.15) is 12.5 Å². The molecule has 6 heteroatoms. The zero-order valence-corrected chi connectivity index (χ0v) is 14.5. The summed E-state index contributed by atoms with van der Waals surface area (Å²) in [6.07, 6.45) is 0. The summed E-state index contributed by atoms with van der Waals surface area (Å²) in [6.45, 7) is 6.33. The van der Waals surface area contributed by atoms with Crippen molar-refractivity contribution in [1.82, 2.24) is 10.2 Å². The van der Waals surface area contributed by atoms with E-state index >= 15 is 0 Å². The molecule has 0 unspecified atom stereocenters. The minimum atomic E-state index is 0. The third-order valence-electron chi connectivity index (χ3n) is 3.40. The zero-order valence-electron chi connectivity index (χ0n) is 12.1. The molecule has 1 atom stereocenters. The Labute approximate surface area is 135 Å². The van der Waals surface area contributed by atoms with Gasteiger partial charge in [-0.2, -0.15) is 0 Å². The van der Waals surface area contributed by atoms with Crippen molar-refractivity contribution in [3.8, 4) is 11.5 Å². The number of nitrogens with zero attached hydrogens (tertiary/aromatic N) is 1. The molecule has 1 aliphatic heterocycles. The fraction of sp³-hybridized carbons (Fsp3) is 0.571. The molecule has 1 N–H and O–H groups in total. The molecule has 1 aliphatic rings. The van der Waals surface area contributed by atoms with E-state index in [9.17, 15) is 0 Å². The lowest BCUT2D eigenvalue weighted by Crippen LogP contribution is -2.48. The van der Waals surface area contributed by atoms with Gasteiger partial charge in [-0.25, -0.2) is 0 Å². The first-order valence-corrected chi connectivity index (χ1v) is 7.29. The fourth-order valence-electron chi connectivity index (χ4n) is 2.41. The van der Waals surface area contributed by atoms with Gasteiger partial charge in [0.05, 0.1) is 14.2 Å². The van der Waals surface area contributed by atoms with Gasteiger partial charge < -0.3 is 14.8 Å². The smallest absolute Gasteiger partial charge is 0.161 e. The summed E-state index contributed by atoms with van der Waals surface area (Å²) in [4.78, 5) is 2.45. The van der Waals surface area contributed by atoms with Crippen molar-refractivity contribution in [3.63, 3.8) is 0 Å². The molecule has 0 aliphatic carbocycles. The van der Waals surface area contributed by atoms with Crippen molar-refractivity contribution in [2.45, 2.75) is 19.5 Å². The van der Waals surface area contributed by atoms with Gasteiger partial charge in [0.25, 0.3) is 0 Å². The second-order valence-electron chi connectivity index (χ2n) is 4.89. The standard InChI is InChI=1S/C14H21BrN2O2.ClH/c1-10-8-17(5-4-16-10)9-11-6-13(18-2)14(19-3)7-12(11)15;/h6-7,10,16H,4-5,8-9H2,1-3H3;1H/t10-;/m0./s1. The highest BCUT2D eigenvalue weighted by atomic mass is 79.9. The number of hydrogen-bond acceptors (Lipinski definition) is 4. The quantitative estimate of drug-likeness (QED) is 0.889. The van der Waals surface area contributed by atoms with Crippen molar-refractivity contribution in [2.24, 2.45) is 0 Å². The van der Waals surface area contributed by atoms with Crippen LogP contribution in [0.25, 0.3) is 0 Å². The average molecular weight is 366 g/mol. The third kappa shape index (κ3) is 4.25. The second-order valence-corrected chi connectivity index (χ2v) is 5.74. The topological polar surface area (TPSA) is 33.7 Å². The van der Waals surface area contributed by atoms with Crippen LogP contribution in [0.15, 0.2) is 16.6 Å². The van der Waals surface area contributed by atoms with Crippen LogP contribution >= 0.6 is 28.3 Å². The first-order valence-electron chi connectivity index (χ1n) is 6.50. The highest BCUT2D eigenvalue weighted by Crippen LogP contribution is 2.33. The fourth-order valence-corrected chi connectivity index (χ4v) is 2.86. The van der Waals surface area contributed by atoms with Gasteiger partial charge in [-0.1, -0.05) is 15.9 Å². The summed E-state index contributed by atoms with van der Waals surface area (Å²) < 4.78 is 11.7. The van der Waals surface area contributed by atoms with Crippen LogP contribution < -0.4 is 14.8 Å². The van der Waals surface area contributed by atoms with Crippen LogP contribution in [-0.2, 0) is 6.54 Å². The van der Waals surface area contributed by atoms with Crippen molar-refractivity contribution in [1.29, 1.82) is 0 Å². The molecule has 4 nitrogen and oxygen atoms in total. The van der Waals surface area contributed by atoms with Gasteiger partial charge in [-0.15, -0.1) is 12.4 Å². The normalized spacial score (nSPS) is 19.3. The van der Waals surface area contributed by atoms with Gasteiger partial charge in [-0.05, 0) is 24.6 Å². The minimum absolute atomic E-state index is 0. The molecule has 1 fully saturated rings. The number of methoxy groups -OCH3 is 2. The molecule has 1 saturated heterocycles. The lowest BCUT2D eigenvalue weighted by molar-refractivity contribution is 0.199. The Hall–Kier alpha value is -0.490. The molecule has 1 aromatic carbocycles. The molecule has 20 heavy (non-hydrogen) atoms. The molecule has 0 bridgehead atoms. The van der Waals surface area contributed by atoms with Crippen LogP contribution in [0.5, 0.6) is 11.5 Å². The SMILES string of the molecule is COc1cc(Br)c(CN2CCN[C@@H](C)C2)cc1OC.Cl. The highest BCUT2D eigenvalue weighted by Gasteiger charge is 2.18. The van der Waals surface area contributed by atoms with Gasteiger partial charge >= 0.3 is 0 Å². The van der Waals surface area contributed by atoms with Gasteiger partial charge in [-0.3, -0.25) is 4.90 Å². The van der Waals surface area contributed by atoms with Crippen LogP contribution in [0.4, 0.5) is 0 Å². The van der Waals surface area contributed by atoms with E-state index < -0.39 is 0 Å². The lowest BCUT2D eigenvalue weighted by Gasteiger charge is -2.32. The predicted molar refractivity (Wildman–Crippen MR) is 87.2 cm³/mol. The summed E-state index contributed by atoms with van der Waals surface area (Å²) in [7, 11) is 3.32. The lowest BCUT2D eigenvalue weighted by atomic mass is 10.1. The Morgan fingerprint density at radius 3 is 2.55 bits per heavy atom. The summed E-state index contributed by atoms with van der Waals surface area (Å²) in [5, 5.41) is 3.46. The molecule has 2 rings (SSSR count).